The SMILES string of the molecule is c1ccc2cc(-c3nc(-c4cccc5c4oc4cc(-n6c7ccccc7c7cc8ccccc8cc76)c6ccccc6c45)nc(-c4cccc5c4sc4ccccc45)n3)ccc2c1. The second kappa shape index (κ2) is 13.2. The van der Waals surface area contributed by atoms with Gasteiger partial charge in [0, 0.05) is 64.3 Å². The van der Waals surface area contributed by atoms with E-state index in [1.54, 1.807) is 11.3 Å². The number of furan rings is 1. The van der Waals surface area contributed by atoms with Gasteiger partial charge < -0.3 is 8.98 Å². The molecule has 0 spiro atoms. The Labute approximate surface area is 363 Å². The third kappa shape index (κ3) is 5.13. The predicted molar refractivity (Wildman–Crippen MR) is 263 cm³/mol. The molecule has 4 heterocycles. The van der Waals surface area contributed by atoms with Crippen molar-refractivity contribution in [2.45, 2.75) is 0 Å². The number of aromatic nitrogens is 4. The lowest BCUT2D eigenvalue weighted by Gasteiger charge is -2.13. The van der Waals surface area contributed by atoms with Gasteiger partial charge in [-0.15, -0.1) is 11.3 Å². The first-order chi connectivity index (χ1) is 31.2. The van der Waals surface area contributed by atoms with Crippen LogP contribution in [-0.2, 0) is 0 Å². The van der Waals surface area contributed by atoms with Crippen molar-refractivity contribution >= 4 is 108 Å². The molecule has 0 aliphatic carbocycles. The highest BCUT2D eigenvalue weighted by molar-refractivity contribution is 7.26. The molecule has 0 N–H and O–H groups in total. The average molecular weight is 821 g/mol. The summed E-state index contributed by atoms with van der Waals surface area (Å²) in [7, 11) is 0. The summed E-state index contributed by atoms with van der Waals surface area (Å²) in [5.41, 5.74) is 7.63. The summed E-state index contributed by atoms with van der Waals surface area (Å²) in [6, 6.07) is 69.1. The van der Waals surface area contributed by atoms with Crippen LogP contribution in [0.4, 0.5) is 0 Å². The maximum Gasteiger partial charge on any atom is 0.167 e. The molecule has 0 aliphatic rings. The number of fused-ring (bicyclic) bond motifs is 13. The van der Waals surface area contributed by atoms with Gasteiger partial charge in [0.1, 0.15) is 11.2 Å². The van der Waals surface area contributed by atoms with E-state index in [-0.39, 0.29) is 0 Å². The summed E-state index contributed by atoms with van der Waals surface area (Å²) < 4.78 is 11.9. The highest BCUT2D eigenvalue weighted by Gasteiger charge is 2.23. The van der Waals surface area contributed by atoms with Gasteiger partial charge >= 0.3 is 0 Å². The molecule has 10 aromatic carbocycles. The second-order valence-electron chi connectivity index (χ2n) is 16.3. The maximum atomic E-state index is 7.13. The first-order valence-corrected chi connectivity index (χ1v) is 22.0. The number of hydrogen-bond donors (Lipinski definition) is 0. The van der Waals surface area contributed by atoms with E-state index in [1.165, 1.54) is 42.4 Å². The maximum absolute atomic E-state index is 7.13. The minimum Gasteiger partial charge on any atom is -0.455 e. The van der Waals surface area contributed by atoms with E-state index in [9.17, 15) is 0 Å². The Morgan fingerprint density at radius 3 is 1.86 bits per heavy atom. The monoisotopic (exact) mass is 820 g/mol. The van der Waals surface area contributed by atoms with E-state index in [0.717, 1.165) is 76.2 Å². The van der Waals surface area contributed by atoms with Crippen LogP contribution in [0.25, 0.3) is 136 Å². The van der Waals surface area contributed by atoms with E-state index in [0.29, 0.717) is 17.5 Å². The lowest BCUT2D eigenvalue weighted by atomic mass is 10.0. The molecule has 0 amide bonds. The van der Waals surface area contributed by atoms with Crippen LogP contribution in [0, 0.1) is 0 Å². The lowest BCUT2D eigenvalue weighted by Crippen LogP contribution is -2.00. The average Bonchev–Trinajstić information content (AvgIpc) is 4.02. The number of benzene rings is 10. The quantitative estimate of drug-likeness (QED) is 0.177. The van der Waals surface area contributed by atoms with Gasteiger partial charge in [-0.3, -0.25) is 0 Å². The number of rotatable bonds is 4. The summed E-state index contributed by atoms with van der Waals surface area (Å²) in [6.07, 6.45) is 0. The van der Waals surface area contributed by atoms with Gasteiger partial charge in [-0.2, -0.15) is 0 Å². The van der Waals surface area contributed by atoms with Crippen LogP contribution in [0.2, 0.25) is 0 Å². The number of hydrogen-bond acceptors (Lipinski definition) is 5. The molecule has 5 nitrogen and oxygen atoms in total. The van der Waals surface area contributed by atoms with Crippen LogP contribution in [0.15, 0.2) is 199 Å². The fraction of sp³-hybridized carbons (Fsp3) is 0. The first-order valence-electron chi connectivity index (χ1n) is 21.2. The molecule has 0 unspecified atom stereocenters. The third-order valence-corrected chi connectivity index (χ3v) is 14.0. The fourth-order valence-electron chi connectivity index (χ4n) is 9.92. The van der Waals surface area contributed by atoms with Gasteiger partial charge in [0.15, 0.2) is 17.5 Å². The topological polar surface area (TPSA) is 56.7 Å². The Bertz CT molecular complexity index is 4230. The molecule has 0 atom stereocenters. The van der Waals surface area contributed by atoms with E-state index < -0.39 is 0 Å². The van der Waals surface area contributed by atoms with Crippen molar-refractivity contribution in [3.8, 4) is 39.9 Å². The van der Waals surface area contributed by atoms with Crippen molar-refractivity contribution in [1.29, 1.82) is 0 Å². The van der Waals surface area contributed by atoms with Crippen molar-refractivity contribution < 1.29 is 4.42 Å². The van der Waals surface area contributed by atoms with Crippen molar-refractivity contribution in [2.24, 2.45) is 0 Å². The fourth-order valence-corrected chi connectivity index (χ4v) is 11.1. The molecule has 0 aliphatic heterocycles. The van der Waals surface area contributed by atoms with Crippen LogP contribution in [-0.4, -0.2) is 19.5 Å². The lowest BCUT2D eigenvalue weighted by molar-refractivity contribution is 0.669. The zero-order valence-electron chi connectivity index (χ0n) is 33.6. The van der Waals surface area contributed by atoms with E-state index >= 15 is 0 Å². The predicted octanol–water partition coefficient (Wildman–Crippen LogP) is 15.7. The van der Waals surface area contributed by atoms with Crippen molar-refractivity contribution in [3.63, 3.8) is 0 Å². The zero-order chi connectivity index (χ0) is 41.2. The van der Waals surface area contributed by atoms with Gasteiger partial charge in [0.2, 0.25) is 0 Å². The van der Waals surface area contributed by atoms with Crippen molar-refractivity contribution in [3.05, 3.63) is 194 Å². The summed E-state index contributed by atoms with van der Waals surface area (Å²) in [5, 5.41) is 13.9. The first kappa shape index (κ1) is 34.5. The largest absolute Gasteiger partial charge is 0.455 e. The highest BCUT2D eigenvalue weighted by atomic mass is 32.1. The molecule has 4 aromatic heterocycles. The molecule has 63 heavy (non-hydrogen) atoms. The molecule has 14 rings (SSSR count). The van der Waals surface area contributed by atoms with Gasteiger partial charge in [-0.25, -0.2) is 15.0 Å². The molecule has 0 bridgehead atoms. The molecule has 14 aromatic rings. The second-order valence-corrected chi connectivity index (χ2v) is 17.4. The van der Waals surface area contributed by atoms with Gasteiger partial charge in [-0.1, -0.05) is 146 Å². The molecule has 292 valence electrons. The van der Waals surface area contributed by atoms with Gasteiger partial charge in [-0.05, 0) is 69.4 Å². The highest BCUT2D eigenvalue weighted by Crippen LogP contribution is 2.45. The Balaban J connectivity index is 1.03. The Morgan fingerprint density at radius 2 is 1.02 bits per heavy atom. The van der Waals surface area contributed by atoms with E-state index in [4.69, 9.17) is 19.4 Å². The Morgan fingerprint density at radius 1 is 0.397 bits per heavy atom. The summed E-state index contributed by atoms with van der Waals surface area (Å²) in [4.78, 5) is 15.9. The molecule has 0 saturated carbocycles. The minimum absolute atomic E-state index is 0.560. The van der Waals surface area contributed by atoms with Gasteiger partial charge in [0.25, 0.3) is 0 Å². The number of para-hydroxylation sites is 2. The number of thiophene rings is 1. The van der Waals surface area contributed by atoms with Crippen LogP contribution >= 0.6 is 11.3 Å². The minimum atomic E-state index is 0.560. The molecule has 6 heteroatoms. The third-order valence-electron chi connectivity index (χ3n) is 12.8. The zero-order valence-corrected chi connectivity index (χ0v) is 34.4. The van der Waals surface area contributed by atoms with E-state index in [1.807, 2.05) is 0 Å². The molecule has 0 fully saturated rings. The molecular weight excluding hydrogens is 789 g/mol. The van der Waals surface area contributed by atoms with Crippen molar-refractivity contribution in [2.75, 3.05) is 0 Å². The van der Waals surface area contributed by atoms with Crippen LogP contribution < -0.4 is 0 Å². The molecular formula is C57H32N4OS. The smallest absolute Gasteiger partial charge is 0.167 e. The summed E-state index contributed by atoms with van der Waals surface area (Å²) >= 11 is 1.78. The van der Waals surface area contributed by atoms with Crippen LogP contribution in [0.5, 0.6) is 0 Å². The molecule has 0 radical (unpaired) electrons. The van der Waals surface area contributed by atoms with Crippen LogP contribution in [0.1, 0.15) is 0 Å². The molecule has 0 saturated heterocycles. The Hall–Kier alpha value is -8.19. The number of nitrogens with zero attached hydrogens (tertiary/aromatic N) is 4. The normalized spacial score (nSPS) is 12.1. The van der Waals surface area contributed by atoms with Crippen LogP contribution in [0.3, 0.4) is 0 Å². The summed E-state index contributed by atoms with van der Waals surface area (Å²) in [6.45, 7) is 0. The van der Waals surface area contributed by atoms with E-state index in [2.05, 4.69) is 199 Å². The summed E-state index contributed by atoms with van der Waals surface area (Å²) in [5.74, 6) is 1.79. The van der Waals surface area contributed by atoms with Gasteiger partial charge in [0.05, 0.1) is 22.3 Å². The van der Waals surface area contributed by atoms with Crippen molar-refractivity contribution in [1.82, 2.24) is 19.5 Å². The standard InChI is InChI=1S/C57H32N4OS/c1-2-14-34-29-37(28-27-33(34)13-1)55-58-56(60-57(59-55)45-24-11-21-42-40-19-8-10-26-51(40)63-54(42)45)44-23-12-22-43-52-41-20-6-5-17-38(41)49(32-50(52)62-53(43)44)61-47-25-9-7-18-39(47)46-30-35-15-3-4-16-36(35)31-48(46)61/h1-32H. The Kier molecular flexibility index (Phi) is 7.21.